The minimum Gasteiger partial charge on any atom is -0.311 e. The summed E-state index contributed by atoms with van der Waals surface area (Å²) in [5, 5.41) is 9.88. The van der Waals surface area contributed by atoms with Gasteiger partial charge in [0.15, 0.2) is 5.82 Å². The van der Waals surface area contributed by atoms with Gasteiger partial charge in [-0.15, -0.1) is 0 Å². The van der Waals surface area contributed by atoms with Gasteiger partial charge in [-0.05, 0) is 208 Å². The quantitative estimate of drug-likeness (QED) is 0.100. The summed E-state index contributed by atoms with van der Waals surface area (Å²) >= 11 is 4.81. The topological polar surface area (TPSA) is 32.3 Å². The summed E-state index contributed by atoms with van der Waals surface area (Å²) in [6.45, 7) is -0.0438. The number of fused-ring (bicyclic) bond motifs is 8. The molecule has 9 aromatic carbocycles. The summed E-state index contributed by atoms with van der Waals surface area (Å²) in [7, 11) is 0. The van der Waals surface area contributed by atoms with Crippen molar-refractivity contribution < 1.29 is 0 Å². The Morgan fingerprint density at radius 1 is 0.386 bits per heavy atom. The minimum atomic E-state index is -0.0438. The van der Waals surface area contributed by atoms with Crippen molar-refractivity contribution in [1.82, 2.24) is 9.97 Å². The first-order chi connectivity index (χ1) is 28.0. The number of halogens is 2. The molecule has 0 bridgehead atoms. The Kier molecular flexibility index (Phi) is 7.54. The predicted octanol–water partition coefficient (Wildman–Crippen LogP) is 12.0. The Morgan fingerprint density at radius 3 is 1.21 bits per heavy atom. The largest absolute Gasteiger partial charge is 0.311 e. The van der Waals surface area contributed by atoms with E-state index in [4.69, 9.17) is 9.97 Å². The monoisotopic (exact) mass is 950 g/mol. The Balaban J connectivity index is 1.24. The molecule has 1 aromatic heterocycles. The molecule has 57 heavy (non-hydrogen) atoms. The van der Waals surface area contributed by atoms with Crippen LogP contribution in [0.3, 0.4) is 0 Å². The van der Waals surface area contributed by atoms with Crippen molar-refractivity contribution in [2.24, 2.45) is 0 Å². The number of benzene rings is 9. The van der Waals surface area contributed by atoms with E-state index in [0.717, 1.165) is 28.3 Å². The van der Waals surface area contributed by atoms with Gasteiger partial charge < -0.3 is 9.80 Å². The summed E-state index contributed by atoms with van der Waals surface area (Å²) in [6, 6.07) is 60.9. The van der Waals surface area contributed by atoms with Crippen molar-refractivity contribution >= 4 is 145 Å². The van der Waals surface area contributed by atoms with Gasteiger partial charge in [-0.1, -0.05) is 60.7 Å². The zero-order chi connectivity index (χ0) is 37.8. The molecule has 266 valence electrons. The van der Waals surface area contributed by atoms with E-state index >= 15 is 0 Å². The minimum absolute atomic E-state index is 0.0438. The first-order valence-corrected chi connectivity index (χ1v) is 21.2. The molecule has 2 aliphatic heterocycles. The number of rotatable bonds is 3. The van der Waals surface area contributed by atoms with Crippen LogP contribution < -0.4 is 26.2 Å². The second-order valence-electron chi connectivity index (χ2n) is 15.0. The molecule has 2 aliphatic rings. The fraction of sp³-hybridized carbons (Fsp3) is 0. The summed E-state index contributed by atoms with van der Waals surface area (Å²) in [5.74, 6) is 0.699. The SMILES string of the molecule is Ic1ccc(N2c3cc4cc5ccccc5cc4cc3B3c4cc5cc6ccccc6cc5cc4N(c4ccc(I)cc4)c4cc(-c5ncccn5)cc2c43)cc1. The maximum Gasteiger partial charge on any atom is 0.252 e. The van der Waals surface area contributed by atoms with Gasteiger partial charge >= 0.3 is 0 Å². The number of hydrogen-bond acceptors (Lipinski definition) is 4. The average Bonchev–Trinajstić information content (AvgIpc) is 3.24. The van der Waals surface area contributed by atoms with Gasteiger partial charge in [-0.25, -0.2) is 9.97 Å². The normalized spacial score (nSPS) is 13.0. The maximum atomic E-state index is 4.81. The molecule has 7 heteroatoms. The van der Waals surface area contributed by atoms with Gasteiger partial charge in [0.1, 0.15) is 0 Å². The van der Waals surface area contributed by atoms with Crippen LogP contribution in [-0.4, -0.2) is 16.7 Å². The number of nitrogens with zero attached hydrogens (tertiary/aromatic N) is 4. The van der Waals surface area contributed by atoms with Gasteiger partial charge in [0.05, 0.1) is 0 Å². The van der Waals surface area contributed by atoms with E-state index in [-0.39, 0.29) is 6.71 Å². The molecule has 0 spiro atoms. The lowest BCUT2D eigenvalue weighted by atomic mass is 9.33. The molecular formula is C50H29BI2N4. The number of aromatic nitrogens is 2. The number of hydrogen-bond donors (Lipinski definition) is 0. The number of anilines is 6. The molecule has 0 radical (unpaired) electrons. The summed E-state index contributed by atoms with van der Waals surface area (Å²) in [5.41, 5.74) is 11.7. The maximum absolute atomic E-state index is 4.81. The Hall–Kier alpha value is -5.78. The van der Waals surface area contributed by atoms with Crippen LogP contribution in [0.2, 0.25) is 0 Å². The molecule has 10 aromatic rings. The highest BCUT2D eigenvalue weighted by Crippen LogP contribution is 2.47. The van der Waals surface area contributed by atoms with Crippen molar-refractivity contribution in [3.05, 3.63) is 183 Å². The fourth-order valence-electron chi connectivity index (χ4n) is 9.19. The lowest BCUT2D eigenvalue weighted by Gasteiger charge is -2.44. The van der Waals surface area contributed by atoms with Crippen molar-refractivity contribution in [3.63, 3.8) is 0 Å². The van der Waals surface area contributed by atoms with Gasteiger partial charge in [-0.3, -0.25) is 0 Å². The van der Waals surface area contributed by atoms with Gasteiger partial charge in [0.25, 0.3) is 6.71 Å². The predicted molar refractivity (Wildman–Crippen MR) is 257 cm³/mol. The van der Waals surface area contributed by atoms with E-state index in [1.807, 2.05) is 18.5 Å². The van der Waals surface area contributed by atoms with Crippen LogP contribution in [0.1, 0.15) is 0 Å². The third-order valence-corrected chi connectivity index (χ3v) is 13.1. The lowest BCUT2D eigenvalue weighted by molar-refractivity contribution is 1.17. The van der Waals surface area contributed by atoms with Crippen LogP contribution in [0.5, 0.6) is 0 Å². The molecule has 0 atom stereocenters. The van der Waals surface area contributed by atoms with Crippen LogP contribution in [0.15, 0.2) is 176 Å². The second kappa shape index (κ2) is 12.9. The molecule has 0 fully saturated rings. The third kappa shape index (κ3) is 5.32. The Morgan fingerprint density at radius 2 is 0.789 bits per heavy atom. The van der Waals surface area contributed by atoms with Gasteiger partial charge in [0.2, 0.25) is 0 Å². The summed E-state index contributed by atoms with van der Waals surface area (Å²) in [6.07, 6.45) is 3.67. The first kappa shape index (κ1) is 33.4. The fourth-order valence-corrected chi connectivity index (χ4v) is 9.90. The smallest absolute Gasteiger partial charge is 0.252 e. The van der Waals surface area contributed by atoms with Crippen LogP contribution in [-0.2, 0) is 0 Å². The average molecular weight is 950 g/mol. The van der Waals surface area contributed by atoms with Crippen LogP contribution in [0.25, 0.3) is 54.5 Å². The standard InChI is InChI=1S/C50H29BI2N4/c52-39-10-14-41(15-11-39)56-45-26-36-22-32-8-3-1-6-30(32)20-34(36)24-43(45)51-44-25-35-21-31-7-2-4-9-33(31)23-37(35)27-46(44)57(42-16-12-40(53)13-17-42)48-29-38(28-47(56)49(48)51)50-54-18-5-19-55-50/h1-29H. The van der Waals surface area contributed by atoms with Crippen LogP contribution in [0.4, 0.5) is 34.1 Å². The van der Waals surface area contributed by atoms with Crippen molar-refractivity contribution in [2.45, 2.75) is 0 Å². The van der Waals surface area contributed by atoms with E-state index in [2.05, 4.69) is 213 Å². The van der Waals surface area contributed by atoms with E-state index in [9.17, 15) is 0 Å². The van der Waals surface area contributed by atoms with E-state index in [1.54, 1.807) is 0 Å². The second-order valence-corrected chi connectivity index (χ2v) is 17.5. The molecule has 0 amide bonds. The molecule has 0 saturated heterocycles. The van der Waals surface area contributed by atoms with E-state index in [1.165, 1.54) is 78.0 Å². The molecule has 0 N–H and O–H groups in total. The summed E-state index contributed by atoms with van der Waals surface area (Å²) in [4.78, 5) is 14.6. The van der Waals surface area contributed by atoms with Gasteiger partial charge in [-0.2, -0.15) is 0 Å². The van der Waals surface area contributed by atoms with E-state index < -0.39 is 0 Å². The third-order valence-electron chi connectivity index (χ3n) is 11.7. The van der Waals surface area contributed by atoms with Gasteiger partial charge in [0, 0.05) is 59.2 Å². The molecule has 0 saturated carbocycles. The van der Waals surface area contributed by atoms with Crippen LogP contribution in [0, 0.1) is 7.14 Å². The van der Waals surface area contributed by atoms with Crippen molar-refractivity contribution in [3.8, 4) is 11.4 Å². The zero-order valence-corrected chi connectivity index (χ0v) is 34.7. The Labute approximate surface area is 357 Å². The highest BCUT2D eigenvalue weighted by molar-refractivity contribution is 14.1. The molecule has 12 rings (SSSR count). The molecule has 0 unspecified atom stereocenters. The Bertz CT molecular complexity index is 3080. The lowest BCUT2D eigenvalue weighted by Crippen LogP contribution is -2.61. The molecule has 0 aliphatic carbocycles. The van der Waals surface area contributed by atoms with Crippen molar-refractivity contribution in [1.29, 1.82) is 0 Å². The first-order valence-electron chi connectivity index (χ1n) is 19.0. The van der Waals surface area contributed by atoms with E-state index in [0.29, 0.717) is 5.82 Å². The molecule has 4 nitrogen and oxygen atoms in total. The van der Waals surface area contributed by atoms with Crippen LogP contribution >= 0.6 is 45.2 Å². The highest BCUT2D eigenvalue weighted by atomic mass is 127. The molecular weight excluding hydrogens is 921 g/mol. The van der Waals surface area contributed by atoms with Crippen molar-refractivity contribution in [2.75, 3.05) is 9.80 Å². The molecule has 3 heterocycles. The highest BCUT2D eigenvalue weighted by Gasteiger charge is 2.44. The summed E-state index contributed by atoms with van der Waals surface area (Å²) < 4.78 is 2.39. The zero-order valence-electron chi connectivity index (χ0n) is 30.4.